The Hall–Kier alpha value is -0.170. The van der Waals surface area contributed by atoms with Gasteiger partial charge in [0.2, 0.25) is 10.0 Å². The number of piperidine rings is 1. The van der Waals surface area contributed by atoms with Crippen molar-refractivity contribution < 1.29 is 13.2 Å². The van der Waals surface area contributed by atoms with Gasteiger partial charge < -0.3 is 10.1 Å². The molecule has 1 aliphatic rings. The molecule has 1 heterocycles. The van der Waals surface area contributed by atoms with Crippen LogP contribution in [0.5, 0.6) is 0 Å². The highest BCUT2D eigenvalue weighted by molar-refractivity contribution is 7.89. The van der Waals surface area contributed by atoms with Crippen LogP contribution in [0.4, 0.5) is 0 Å². The van der Waals surface area contributed by atoms with Crippen LogP contribution >= 0.6 is 0 Å². The third-order valence-electron chi connectivity index (χ3n) is 3.06. The Morgan fingerprint density at radius 2 is 2.25 bits per heavy atom. The summed E-state index contributed by atoms with van der Waals surface area (Å²) in [7, 11) is 0.202. The number of methoxy groups -OCH3 is 1. The maximum Gasteiger partial charge on any atom is 0.219 e. The molecule has 0 aromatic rings. The molecule has 1 aliphatic heterocycles. The van der Waals surface area contributed by atoms with Crippen molar-refractivity contribution in [3.05, 3.63) is 0 Å². The molecule has 16 heavy (non-hydrogen) atoms. The molecule has 0 amide bonds. The van der Waals surface area contributed by atoms with Crippen molar-refractivity contribution >= 4 is 10.0 Å². The third-order valence-corrected chi connectivity index (χ3v) is 5.27. The van der Waals surface area contributed by atoms with Crippen LogP contribution in [0.1, 0.15) is 19.8 Å². The monoisotopic (exact) mass is 250 g/mol. The third kappa shape index (κ3) is 3.16. The predicted octanol–water partition coefficient (Wildman–Crippen LogP) is 0.0349. The zero-order valence-electron chi connectivity index (χ0n) is 10.3. The van der Waals surface area contributed by atoms with Crippen LogP contribution in [0.15, 0.2) is 0 Å². The number of ether oxygens (including phenoxy) is 1. The van der Waals surface area contributed by atoms with Gasteiger partial charge in [-0.1, -0.05) is 0 Å². The van der Waals surface area contributed by atoms with Crippen LogP contribution in [0.2, 0.25) is 0 Å². The van der Waals surface area contributed by atoms with Crippen LogP contribution in [0.25, 0.3) is 0 Å². The minimum absolute atomic E-state index is 0.253. The predicted molar refractivity (Wildman–Crippen MR) is 63.9 cm³/mol. The highest BCUT2D eigenvalue weighted by Gasteiger charge is 2.32. The minimum Gasteiger partial charge on any atom is -0.383 e. The van der Waals surface area contributed by atoms with E-state index in [1.807, 2.05) is 7.05 Å². The Balaban J connectivity index is 2.67. The van der Waals surface area contributed by atoms with Gasteiger partial charge in [0.25, 0.3) is 0 Å². The zero-order chi connectivity index (χ0) is 12.2. The molecule has 1 fully saturated rings. The molecule has 0 aliphatic carbocycles. The van der Waals surface area contributed by atoms with E-state index in [0.29, 0.717) is 13.1 Å². The molecule has 0 aromatic heterocycles. The normalized spacial score (nSPS) is 25.6. The van der Waals surface area contributed by atoms with E-state index in [0.717, 1.165) is 12.8 Å². The second kappa shape index (κ2) is 5.95. The van der Waals surface area contributed by atoms with Crippen molar-refractivity contribution in [1.82, 2.24) is 9.62 Å². The number of rotatable bonds is 5. The molecule has 2 atom stereocenters. The Bertz CT molecular complexity index is 305. The van der Waals surface area contributed by atoms with Gasteiger partial charge in [0, 0.05) is 26.2 Å². The Morgan fingerprint density at radius 3 is 2.81 bits per heavy atom. The summed E-state index contributed by atoms with van der Waals surface area (Å²) in [5, 5.41) is 2.67. The second-order valence-corrected chi connectivity index (χ2v) is 6.65. The fraction of sp³-hybridized carbons (Fsp3) is 1.00. The van der Waals surface area contributed by atoms with Crippen LogP contribution in [0, 0.1) is 0 Å². The van der Waals surface area contributed by atoms with E-state index in [-0.39, 0.29) is 12.6 Å². The molecular weight excluding hydrogens is 228 g/mol. The van der Waals surface area contributed by atoms with E-state index in [1.54, 1.807) is 11.2 Å². The first-order valence-electron chi connectivity index (χ1n) is 5.67. The highest BCUT2D eigenvalue weighted by atomic mass is 32.2. The Kier molecular flexibility index (Phi) is 5.17. The first-order valence-corrected chi connectivity index (χ1v) is 7.17. The lowest BCUT2D eigenvalue weighted by atomic mass is 10.1. The van der Waals surface area contributed by atoms with Crippen LogP contribution < -0.4 is 5.32 Å². The van der Waals surface area contributed by atoms with E-state index in [4.69, 9.17) is 4.74 Å². The molecule has 0 radical (unpaired) electrons. The number of sulfonamides is 1. The number of likely N-dealkylation sites (N-methyl/N-ethyl adjacent to an activating group) is 1. The number of nitrogens with one attached hydrogen (secondary N) is 1. The smallest absolute Gasteiger partial charge is 0.219 e. The van der Waals surface area contributed by atoms with E-state index < -0.39 is 15.3 Å². The first-order chi connectivity index (χ1) is 7.52. The van der Waals surface area contributed by atoms with E-state index >= 15 is 0 Å². The lowest BCUT2D eigenvalue weighted by molar-refractivity contribution is 0.196. The standard InChI is InChI=1S/C10H22N2O3S/c1-9(8-15-3)16(13,14)12-6-4-5-10(7-12)11-2/h9-11H,4-8H2,1-3H3. The van der Waals surface area contributed by atoms with Crippen molar-refractivity contribution in [2.24, 2.45) is 0 Å². The molecule has 0 spiro atoms. The maximum absolute atomic E-state index is 12.2. The molecule has 1 N–H and O–H groups in total. The van der Waals surface area contributed by atoms with Gasteiger partial charge in [-0.15, -0.1) is 0 Å². The summed E-state index contributed by atoms with van der Waals surface area (Å²) in [4.78, 5) is 0. The van der Waals surface area contributed by atoms with Gasteiger partial charge in [-0.2, -0.15) is 0 Å². The lowest BCUT2D eigenvalue weighted by Gasteiger charge is -2.33. The Morgan fingerprint density at radius 1 is 1.56 bits per heavy atom. The summed E-state index contributed by atoms with van der Waals surface area (Å²) in [5.41, 5.74) is 0. The van der Waals surface area contributed by atoms with Crippen molar-refractivity contribution in [1.29, 1.82) is 0 Å². The van der Waals surface area contributed by atoms with Crippen molar-refractivity contribution in [2.75, 3.05) is 33.9 Å². The quantitative estimate of drug-likeness (QED) is 0.748. The zero-order valence-corrected chi connectivity index (χ0v) is 11.1. The van der Waals surface area contributed by atoms with E-state index in [9.17, 15) is 8.42 Å². The SMILES string of the molecule is CNC1CCCN(S(=O)(=O)C(C)COC)C1. The summed E-state index contributed by atoms with van der Waals surface area (Å²) in [6, 6.07) is 0.276. The van der Waals surface area contributed by atoms with E-state index in [2.05, 4.69) is 5.32 Å². The fourth-order valence-electron chi connectivity index (χ4n) is 1.98. The van der Waals surface area contributed by atoms with Gasteiger partial charge in [-0.3, -0.25) is 0 Å². The molecule has 96 valence electrons. The fourth-order valence-corrected chi connectivity index (χ4v) is 3.57. The minimum atomic E-state index is -3.20. The molecule has 0 bridgehead atoms. The van der Waals surface area contributed by atoms with Gasteiger partial charge in [0.1, 0.15) is 0 Å². The summed E-state index contributed by atoms with van der Waals surface area (Å²) >= 11 is 0. The van der Waals surface area contributed by atoms with Crippen LogP contribution in [-0.4, -0.2) is 57.9 Å². The summed E-state index contributed by atoms with van der Waals surface area (Å²) in [6.07, 6.45) is 1.96. The molecule has 2 unspecified atom stereocenters. The number of hydrogen-bond acceptors (Lipinski definition) is 4. The number of nitrogens with zero attached hydrogens (tertiary/aromatic N) is 1. The average Bonchev–Trinajstić information content (AvgIpc) is 2.29. The molecule has 5 nitrogen and oxygen atoms in total. The van der Waals surface area contributed by atoms with Crippen molar-refractivity contribution in [3.63, 3.8) is 0 Å². The van der Waals surface area contributed by atoms with Gasteiger partial charge >= 0.3 is 0 Å². The highest BCUT2D eigenvalue weighted by Crippen LogP contribution is 2.17. The topological polar surface area (TPSA) is 58.6 Å². The molecule has 0 aromatic carbocycles. The van der Waals surface area contributed by atoms with Gasteiger partial charge in [-0.25, -0.2) is 12.7 Å². The van der Waals surface area contributed by atoms with Crippen molar-refractivity contribution in [3.8, 4) is 0 Å². The molecule has 1 saturated heterocycles. The molecule has 6 heteroatoms. The maximum atomic E-state index is 12.2. The summed E-state index contributed by atoms with van der Waals surface area (Å²) < 4.78 is 30.8. The van der Waals surface area contributed by atoms with Gasteiger partial charge in [0.15, 0.2) is 0 Å². The van der Waals surface area contributed by atoms with Crippen LogP contribution in [0.3, 0.4) is 0 Å². The summed E-state index contributed by atoms with van der Waals surface area (Å²) in [5.74, 6) is 0. The van der Waals surface area contributed by atoms with Gasteiger partial charge in [0.05, 0.1) is 11.9 Å². The lowest BCUT2D eigenvalue weighted by Crippen LogP contribution is -2.49. The Labute approximate surface area is 98.2 Å². The largest absolute Gasteiger partial charge is 0.383 e. The first kappa shape index (κ1) is 13.9. The number of hydrogen-bond donors (Lipinski definition) is 1. The van der Waals surface area contributed by atoms with Gasteiger partial charge in [-0.05, 0) is 26.8 Å². The molecule has 1 rings (SSSR count). The van der Waals surface area contributed by atoms with Crippen LogP contribution in [-0.2, 0) is 14.8 Å². The average molecular weight is 250 g/mol. The molecular formula is C10H22N2O3S. The van der Waals surface area contributed by atoms with Crippen molar-refractivity contribution in [2.45, 2.75) is 31.1 Å². The second-order valence-electron chi connectivity index (χ2n) is 4.30. The molecule has 0 saturated carbocycles. The summed E-state index contributed by atoms with van der Waals surface area (Å²) in [6.45, 7) is 3.16. The van der Waals surface area contributed by atoms with E-state index in [1.165, 1.54) is 7.11 Å².